The lowest BCUT2D eigenvalue weighted by Crippen LogP contribution is -3.06. The molecular formula is C7H13N2O+. The van der Waals surface area contributed by atoms with Crippen molar-refractivity contribution in [3.05, 3.63) is 30.8 Å². The lowest BCUT2D eigenvalue weighted by atomic mass is 10.5. The average molecular weight is 141 g/mol. The van der Waals surface area contributed by atoms with Crippen LogP contribution in [0.4, 0.5) is 0 Å². The quantitative estimate of drug-likeness (QED) is 0.405. The summed E-state index contributed by atoms with van der Waals surface area (Å²) in [4.78, 5) is 0. The molecule has 0 amide bonds. The highest BCUT2D eigenvalue weighted by Gasteiger charge is 2.31. The Hall–Kier alpha value is -0.640. The first kappa shape index (κ1) is 7.47. The van der Waals surface area contributed by atoms with Gasteiger partial charge < -0.3 is 10.3 Å². The Kier molecular flexibility index (Phi) is 1.89. The second-order valence-electron chi connectivity index (χ2n) is 2.64. The van der Waals surface area contributed by atoms with E-state index in [1.54, 1.807) is 12.4 Å². The fraction of sp³-hybridized carbons (Fsp3) is 0.429. The molecular weight excluding hydrogens is 128 g/mol. The van der Waals surface area contributed by atoms with Crippen LogP contribution in [0.1, 0.15) is 0 Å². The summed E-state index contributed by atoms with van der Waals surface area (Å²) < 4.78 is 0.554. The molecule has 10 heavy (non-hydrogen) atoms. The van der Waals surface area contributed by atoms with Gasteiger partial charge in [0.1, 0.15) is 13.1 Å². The molecule has 3 heteroatoms. The molecule has 0 aliphatic carbocycles. The van der Waals surface area contributed by atoms with Crippen LogP contribution in [0.3, 0.4) is 0 Å². The van der Waals surface area contributed by atoms with Gasteiger partial charge in [-0.25, -0.2) is 4.48 Å². The van der Waals surface area contributed by atoms with Crippen LogP contribution in [0.15, 0.2) is 25.6 Å². The number of rotatable bonds is 2. The van der Waals surface area contributed by atoms with Crippen LogP contribution in [0.25, 0.3) is 0 Å². The van der Waals surface area contributed by atoms with Gasteiger partial charge in [-0.05, 0) is 13.2 Å². The van der Waals surface area contributed by atoms with E-state index in [1.807, 2.05) is 0 Å². The number of hydrogen-bond donors (Lipinski definition) is 1. The van der Waals surface area contributed by atoms with Crippen molar-refractivity contribution in [1.82, 2.24) is 0 Å². The van der Waals surface area contributed by atoms with E-state index in [9.17, 15) is 5.21 Å². The first-order valence-electron chi connectivity index (χ1n) is 3.38. The van der Waals surface area contributed by atoms with Gasteiger partial charge in [0.05, 0.1) is 12.4 Å². The number of hydroxylamine groups is 2. The first-order chi connectivity index (χ1) is 4.72. The van der Waals surface area contributed by atoms with E-state index in [0.29, 0.717) is 22.8 Å². The largest absolute Gasteiger partial charge is 0.630 e. The first-order valence-corrected chi connectivity index (χ1v) is 3.38. The molecule has 0 radical (unpaired) electrons. The highest BCUT2D eigenvalue weighted by Crippen LogP contribution is 2.06. The molecule has 1 atom stereocenters. The van der Waals surface area contributed by atoms with Gasteiger partial charge in [0.25, 0.3) is 0 Å². The maximum atomic E-state index is 10.9. The third kappa shape index (κ3) is 1.11. The minimum absolute atomic E-state index is 0.305. The fourth-order valence-corrected chi connectivity index (χ4v) is 1.21. The molecule has 0 bridgehead atoms. The Morgan fingerprint density at radius 2 is 2.00 bits per heavy atom. The van der Waals surface area contributed by atoms with E-state index in [4.69, 9.17) is 0 Å². The number of nitrogens with one attached hydrogen (secondary N) is 1. The second-order valence-corrected chi connectivity index (χ2v) is 2.64. The van der Waals surface area contributed by atoms with Gasteiger partial charge in [-0.2, -0.15) is 0 Å². The summed E-state index contributed by atoms with van der Waals surface area (Å²) in [6.07, 6.45) is 3.55. The van der Waals surface area contributed by atoms with Crippen LogP contribution in [0, 0.1) is 5.21 Å². The Balaban J connectivity index is 2.68. The van der Waals surface area contributed by atoms with Crippen LogP contribution < -0.4 is 5.06 Å². The molecule has 0 aromatic carbocycles. The predicted octanol–water partition coefficient (Wildman–Crippen LogP) is -0.556. The summed E-state index contributed by atoms with van der Waals surface area (Å²) in [6.45, 7) is 9.39. The summed E-state index contributed by atoms with van der Waals surface area (Å²) in [5.41, 5.74) is 0. The third-order valence-corrected chi connectivity index (χ3v) is 2.00. The standard InChI is InChI=1S/C7H13N2O/c1-3-9(4-2)6-5-8(10)7-9/h3-4,8H,1-2,5-7H2/q+1. The van der Waals surface area contributed by atoms with Crippen molar-refractivity contribution in [3.8, 4) is 0 Å². The average Bonchev–Trinajstić information content (AvgIpc) is 2.33. The summed E-state index contributed by atoms with van der Waals surface area (Å²) in [6, 6.07) is 0. The van der Waals surface area contributed by atoms with Crippen molar-refractivity contribution in [2.45, 2.75) is 0 Å². The molecule has 1 saturated heterocycles. The molecule has 0 saturated carbocycles. The van der Waals surface area contributed by atoms with E-state index in [-0.39, 0.29) is 0 Å². The lowest BCUT2D eigenvalue weighted by Gasteiger charge is -2.22. The van der Waals surface area contributed by atoms with Gasteiger partial charge >= 0.3 is 0 Å². The zero-order valence-corrected chi connectivity index (χ0v) is 6.05. The number of hydrogen-bond acceptors (Lipinski definition) is 1. The molecule has 1 aliphatic heterocycles. The lowest BCUT2D eigenvalue weighted by molar-refractivity contribution is -0.964. The number of nitrogens with zero attached hydrogens (tertiary/aromatic N) is 1. The molecule has 1 aliphatic rings. The minimum atomic E-state index is 0.305. The Bertz CT molecular complexity index is 148. The molecule has 0 aromatic heterocycles. The van der Waals surface area contributed by atoms with Crippen molar-refractivity contribution in [2.24, 2.45) is 0 Å². The monoisotopic (exact) mass is 141 g/mol. The summed E-state index contributed by atoms with van der Waals surface area (Å²) in [5.74, 6) is 0. The van der Waals surface area contributed by atoms with E-state index < -0.39 is 0 Å². The van der Waals surface area contributed by atoms with Crippen LogP contribution in [0.2, 0.25) is 0 Å². The highest BCUT2D eigenvalue weighted by atomic mass is 16.5. The molecule has 0 aromatic rings. The summed E-state index contributed by atoms with van der Waals surface area (Å²) in [5, 5.41) is 11.2. The van der Waals surface area contributed by atoms with E-state index in [1.165, 1.54) is 0 Å². The Labute approximate surface area is 61.0 Å². The normalized spacial score (nSPS) is 29.9. The third-order valence-electron chi connectivity index (χ3n) is 2.00. The van der Waals surface area contributed by atoms with E-state index >= 15 is 0 Å². The van der Waals surface area contributed by atoms with Crippen molar-refractivity contribution >= 4 is 0 Å². The SMILES string of the molecule is C=C[N+]1(C=C)CC[NH+]([O-])C1. The maximum Gasteiger partial charge on any atom is 0.214 e. The zero-order valence-electron chi connectivity index (χ0n) is 6.05. The van der Waals surface area contributed by atoms with Crippen molar-refractivity contribution in [2.75, 3.05) is 19.8 Å². The summed E-state index contributed by atoms with van der Waals surface area (Å²) >= 11 is 0. The van der Waals surface area contributed by atoms with Crippen LogP contribution in [-0.4, -0.2) is 24.2 Å². The fourth-order valence-electron chi connectivity index (χ4n) is 1.21. The van der Waals surface area contributed by atoms with E-state index in [2.05, 4.69) is 13.2 Å². The van der Waals surface area contributed by atoms with Crippen LogP contribution in [-0.2, 0) is 0 Å². The van der Waals surface area contributed by atoms with E-state index in [0.717, 1.165) is 6.54 Å². The van der Waals surface area contributed by atoms with Gasteiger partial charge in [-0.15, -0.1) is 0 Å². The maximum absolute atomic E-state index is 10.9. The predicted molar refractivity (Wildman–Crippen MR) is 39.6 cm³/mol. The zero-order chi connectivity index (χ0) is 7.61. The Morgan fingerprint density at radius 1 is 1.40 bits per heavy atom. The smallest absolute Gasteiger partial charge is 0.214 e. The van der Waals surface area contributed by atoms with Crippen molar-refractivity contribution in [1.29, 1.82) is 0 Å². The molecule has 1 rings (SSSR count). The molecule has 1 heterocycles. The number of quaternary nitrogens is 2. The highest BCUT2D eigenvalue weighted by molar-refractivity contribution is 4.66. The van der Waals surface area contributed by atoms with Gasteiger partial charge in [0.15, 0.2) is 0 Å². The second kappa shape index (κ2) is 2.54. The minimum Gasteiger partial charge on any atom is -0.630 e. The molecule has 56 valence electrons. The van der Waals surface area contributed by atoms with Crippen LogP contribution in [0.5, 0.6) is 0 Å². The molecule has 3 nitrogen and oxygen atoms in total. The van der Waals surface area contributed by atoms with Gasteiger partial charge in [-0.1, -0.05) is 0 Å². The van der Waals surface area contributed by atoms with Gasteiger partial charge in [0, 0.05) is 0 Å². The summed E-state index contributed by atoms with van der Waals surface area (Å²) in [7, 11) is 0. The topological polar surface area (TPSA) is 27.5 Å². The van der Waals surface area contributed by atoms with Crippen molar-refractivity contribution < 1.29 is 9.55 Å². The molecule has 1 unspecified atom stereocenters. The molecule has 1 N–H and O–H groups in total. The molecule has 0 spiro atoms. The van der Waals surface area contributed by atoms with Gasteiger partial charge in [0.2, 0.25) is 6.67 Å². The van der Waals surface area contributed by atoms with Crippen LogP contribution >= 0.6 is 0 Å². The Morgan fingerprint density at radius 3 is 2.20 bits per heavy atom. The van der Waals surface area contributed by atoms with Crippen molar-refractivity contribution in [3.63, 3.8) is 0 Å². The molecule has 1 fully saturated rings. The van der Waals surface area contributed by atoms with Gasteiger partial charge in [-0.3, -0.25) is 0 Å².